The van der Waals surface area contributed by atoms with Gasteiger partial charge in [-0.3, -0.25) is 0 Å². The lowest BCUT2D eigenvalue weighted by atomic mass is 9.99. The van der Waals surface area contributed by atoms with Gasteiger partial charge in [-0.05, 0) is 65.7 Å². The number of fused-ring (bicyclic) bond motifs is 9. The first-order chi connectivity index (χ1) is 21.2. The van der Waals surface area contributed by atoms with E-state index in [9.17, 15) is 0 Å². The second-order valence-electron chi connectivity index (χ2n) is 10.7. The largest absolute Gasteiger partial charge is 0.456 e. The van der Waals surface area contributed by atoms with Gasteiger partial charge in [0.05, 0.1) is 29.9 Å². The minimum Gasteiger partial charge on any atom is -0.456 e. The molecule has 0 aliphatic rings. The van der Waals surface area contributed by atoms with Crippen LogP contribution in [0, 0.1) is 13.1 Å². The summed E-state index contributed by atoms with van der Waals surface area (Å²) in [5.74, 6) is 0. The molecule has 0 spiro atoms. The highest BCUT2D eigenvalue weighted by Crippen LogP contribution is 2.41. The van der Waals surface area contributed by atoms with Crippen LogP contribution in [-0.2, 0) is 0 Å². The van der Waals surface area contributed by atoms with Crippen LogP contribution in [0.15, 0.2) is 124 Å². The Kier molecular flexibility index (Phi) is 4.68. The third kappa shape index (κ3) is 3.31. The van der Waals surface area contributed by atoms with E-state index < -0.39 is 0 Å². The molecule has 0 atom stereocenters. The van der Waals surface area contributed by atoms with Gasteiger partial charge in [0.15, 0.2) is 11.4 Å². The summed E-state index contributed by atoms with van der Waals surface area (Å²) in [6, 6.07) is 38.6. The first-order valence-corrected chi connectivity index (χ1v) is 13.9. The number of hydrogen-bond acceptors (Lipinski definition) is 2. The molecule has 9 rings (SSSR count). The van der Waals surface area contributed by atoms with Gasteiger partial charge < -0.3 is 13.4 Å². The van der Waals surface area contributed by atoms with E-state index in [0.29, 0.717) is 11.4 Å². The topological polar surface area (TPSA) is 39.9 Å². The van der Waals surface area contributed by atoms with Crippen LogP contribution < -0.4 is 0 Å². The third-order valence-corrected chi connectivity index (χ3v) is 8.41. The standard InChI is InChI=1S/C38H19N3O2/c1-39-23-12-14-34(41-32-9-5-3-7-25(32)26-8-4-6-10-33(26)41)27(18-23)22-11-15-35-28(17-22)30-20-31-29-19-24(40-2)13-16-36(29)43-38(31)21-37(30)42-35/h3-21H. The highest BCUT2D eigenvalue weighted by Gasteiger charge is 2.18. The van der Waals surface area contributed by atoms with Crippen LogP contribution in [0.2, 0.25) is 0 Å². The summed E-state index contributed by atoms with van der Waals surface area (Å²) < 4.78 is 14.7. The highest BCUT2D eigenvalue weighted by atomic mass is 16.3. The van der Waals surface area contributed by atoms with Crippen LogP contribution >= 0.6 is 0 Å². The van der Waals surface area contributed by atoms with Crippen LogP contribution in [0.25, 0.3) is 92.2 Å². The summed E-state index contributed by atoms with van der Waals surface area (Å²) in [6.45, 7) is 15.2. The summed E-state index contributed by atoms with van der Waals surface area (Å²) >= 11 is 0. The lowest BCUT2D eigenvalue weighted by molar-refractivity contribution is 0.656. The maximum Gasteiger partial charge on any atom is 0.188 e. The Balaban J connectivity index is 1.32. The van der Waals surface area contributed by atoms with E-state index in [2.05, 4.69) is 87.1 Å². The van der Waals surface area contributed by atoms with Crippen LogP contribution in [0.4, 0.5) is 11.4 Å². The molecule has 9 aromatic rings. The average Bonchev–Trinajstić information content (AvgIpc) is 3.71. The van der Waals surface area contributed by atoms with Crippen molar-refractivity contribution in [2.24, 2.45) is 0 Å². The van der Waals surface area contributed by atoms with Gasteiger partial charge >= 0.3 is 0 Å². The van der Waals surface area contributed by atoms with Crippen molar-refractivity contribution in [2.45, 2.75) is 0 Å². The molecule has 0 amide bonds. The Hall–Kier alpha value is -6.30. The van der Waals surface area contributed by atoms with Gasteiger partial charge in [0, 0.05) is 38.4 Å². The first kappa shape index (κ1) is 23.4. The van der Waals surface area contributed by atoms with Crippen molar-refractivity contribution < 1.29 is 8.83 Å². The monoisotopic (exact) mass is 549 g/mol. The molecule has 0 radical (unpaired) electrons. The van der Waals surface area contributed by atoms with Crippen LogP contribution in [-0.4, -0.2) is 4.57 Å². The van der Waals surface area contributed by atoms with Gasteiger partial charge in [0.2, 0.25) is 0 Å². The van der Waals surface area contributed by atoms with Crippen molar-refractivity contribution in [3.63, 3.8) is 0 Å². The predicted octanol–water partition coefficient (Wildman–Crippen LogP) is 11.4. The van der Waals surface area contributed by atoms with Crippen molar-refractivity contribution in [1.82, 2.24) is 4.57 Å². The number of hydrogen-bond donors (Lipinski definition) is 0. The number of aromatic nitrogens is 1. The number of benzene rings is 6. The van der Waals surface area contributed by atoms with Crippen molar-refractivity contribution in [1.29, 1.82) is 0 Å². The number of para-hydroxylation sites is 2. The zero-order valence-electron chi connectivity index (χ0n) is 22.6. The van der Waals surface area contributed by atoms with Crippen molar-refractivity contribution >= 4 is 77.1 Å². The molecule has 0 N–H and O–H groups in total. The molecule has 0 fully saturated rings. The summed E-state index contributed by atoms with van der Waals surface area (Å²) in [4.78, 5) is 7.37. The fourth-order valence-electron chi connectivity index (χ4n) is 6.47. The smallest absolute Gasteiger partial charge is 0.188 e. The molecule has 43 heavy (non-hydrogen) atoms. The zero-order chi connectivity index (χ0) is 28.7. The fraction of sp³-hybridized carbons (Fsp3) is 0. The summed E-state index contributed by atoms with van der Waals surface area (Å²) in [6.07, 6.45) is 0. The van der Waals surface area contributed by atoms with Crippen molar-refractivity contribution in [3.8, 4) is 16.8 Å². The van der Waals surface area contributed by atoms with E-state index in [0.717, 1.165) is 71.7 Å². The summed E-state index contributed by atoms with van der Waals surface area (Å²) in [5.41, 5.74) is 9.33. The minimum absolute atomic E-state index is 0.576. The molecule has 3 aromatic heterocycles. The second-order valence-corrected chi connectivity index (χ2v) is 10.7. The molecule has 0 unspecified atom stereocenters. The molecule has 5 heteroatoms. The van der Waals surface area contributed by atoms with Gasteiger partial charge in [-0.2, -0.15) is 0 Å². The van der Waals surface area contributed by atoms with Gasteiger partial charge in [0.1, 0.15) is 22.3 Å². The van der Waals surface area contributed by atoms with Gasteiger partial charge in [-0.25, -0.2) is 9.69 Å². The van der Waals surface area contributed by atoms with Crippen LogP contribution in [0.3, 0.4) is 0 Å². The molecular weight excluding hydrogens is 530 g/mol. The number of furan rings is 2. The van der Waals surface area contributed by atoms with Gasteiger partial charge in [-0.1, -0.05) is 54.6 Å². The van der Waals surface area contributed by atoms with E-state index in [-0.39, 0.29) is 0 Å². The molecule has 0 bridgehead atoms. The third-order valence-electron chi connectivity index (χ3n) is 8.41. The summed E-state index contributed by atoms with van der Waals surface area (Å²) in [5, 5.41) is 6.18. The zero-order valence-corrected chi connectivity index (χ0v) is 22.6. The summed E-state index contributed by atoms with van der Waals surface area (Å²) in [7, 11) is 0. The van der Waals surface area contributed by atoms with E-state index in [1.165, 1.54) is 10.8 Å². The minimum atomic E-state index is 0.576. The van der Waals surface area contributed by atoms with E-state index in [1.54, 1.807) is 6.07 Å². The Morgan fingerprint density at radius 1 is 0.465 bits per heavy atom. The number of nitrogens with zero attached hydrogens (tertiary/aromatic N) is 3. The Labute approximate surface area is 245 Å². The van der Waals surface area contributed by atoms with Gasteiger partial charge in [-0.15, -0.1) is 0 Å². The van der Waals surface area contributed by atoms with Gasteiger partial charge in [0.25, 0.3) is 0 Å². The van der Waals surface area contributed by atoms with E-state index in [4.69, 9.17) is 22.0 Å². The average molecular weight is 550 g/mol. The van der Waals surface area contributed by atoms with Crippen LogP contribution in [0.5, 0.6) is 0 Å². The van der Waals surface area contributed by atoms with Crippen molar-refractivity contribution in [3.05, 3.63) is 138 Å². The SMILES string of the molecule is [C-]#[N+]c1ccc(-n2c3ccccc3c3ccccc32)c(-c2ccc3oc4cc5oc6ccc([N+]#[C-])cc6c5cc4c3c2)c1. The molecule has 0 saturated heterocycles. The molecule has 6 aromatic carbocycles. The lowest BCUT2D eigenvalue weighted by Crippen LogP contribution is -1.97. The van der Waals surface area contributed by atoms with Crippen LogP contribution in [0.1, 0.15) is 0 Å². The second kappa shape index (κ2) is 8.60. The normalized spacial score (nSPS) is 11.7. The van der Waals surface area contributed by atoms with E-state index >= 15 is 0 Å². The van der Waals surface area contributed by atoms with Crippen molar-refractivity contribution in [2.75, 3.05) is 0 Å². The molecular formula is C38H19N3O2. The Morgan fingerprint density at radius 3 is 1.70 bits per heavy atom. The molecule has 0 aliphatic carbocycles. The Bertz CT molecular complexity index is 2650. The molecule has 198 valence electrons. The maximum atomic E-state index is 7.76. The molecule has 0 aliphatic heterocycles. The lowest BCUT2D eigenvalue weighted by Gasteiger charge is -2.15. The quantitative estimate of drug-likeness (QED) is 0.201. The highest BCUT2D eigenvalue weighted by molar-refractivity contribution is 6.16. The first-order valence-electron chi connectivity index (χ1n) is 13.9. The molecule has 3 heterocycles. The molecule has 5 nitrogen and oxygen atoms in total. The maximum absolute atomic E-state index is 7.76. The fourth-order valence-corrected chi connectivity index (χ4v) is 6.47. The molecule has 0 saturated carbocycles. The van der Waals surface area contributed by atoms with E-state index in [1.807, 2.05) is 36.4 Å². The predicted molar refractivity (Wildman–Crippen MR) is 173 cm³/mol. The Morgan fingerprint density at radius 2 is 1.02 bits per heavy atom. The number of rotatable bonds is 2.